The number of carbonyl (C=O) groups is 2. The molecule has 1 heterocycles. The van der Waals surface area contributed by atoms with Crippen molar-refractivity contribution in [3.05, 3.63) is 0 Å². The van der Waals surface area contributed by atoms with Gasteiger partial charge in [-0.25, -0.2) is 9.59 Å². The maximum atomic E-state index is 11.7. The molecule has 0 bridgehead atoms. The first kappa shape index (κ1) is 13.6. The van der Waals surface area contributed by atoms with Gasteiger partial charge >= 0.3 is 12.1 Å². The fourth-order valence-corrected chi connectivity index (χ4v) is 1.96. The van der Waals surface area contributed by atoms with Crippen LogP contribution in [-0.2, 0) is 0 Å². The van der Waals surface area contributed by atoms with E-state index in [0.717, 1.165) is 0 Å². The van der Waals surface area contributed by atoms with E-state index in [2.05, 4.69) is 10.6 Å². The number of urea groups is 2. The third-order valence-corrected chi connectivity index (χ3v) is 2.83. The highest BCUT2D eigenvalue weighted by Crippen LogP contribution is 2.09. The van der Waals surface area contributed by atoms with Crippen LogP contribution >= 0.6 is 0 Å². The van der Waals surface area contributed by atoms with E-state index >= 15 is 0 Å². The third kappa shape index (κ3) is 3.51. The lowest BCUT2D eigenvalue weighted by molar-refractivity contribution is 0.112. The third-order valence-electron chi connectivity index (χ3n) is 2.83. The second kappa shape index (κ2) is 6.32. The average Bonchev–Trinajstić information content (AvgIpc) is 2.29. The Bertz CT molecular complexity index is 283. The van der Waals surface area contributed by atoms with Crippen molar-refractivity contribution in [2.75, 3.05) is 32.7 Å². The van der Waals surface area contributed by atoms with E-state index in [1.807, 2.05) is 20.8 Å². The summed E-state index contributed by atoms with van der Waals surface area (Å²) >= 11 is 0. The Morgan fingerprint density at radius 2 is 1.71 bits per heavy atom. The largest absolute Gasteiger partial charge is 0.338 e. The van der Waals surface area contributed by atoms with Crippen molar-refractivity contribution in [2.24, 2.45) is 0 Å². The number of nitrogens with one attached hydrogen (secondary N) is 2. The van der Waals surface area contributed by atoms with Crippen LogP contribution in [-0.4, -0.2) is 60.6 Å². The van der Waals surface area contributed by atoms with Gasteiger partial charge in [-0.15, -0.1) is 0 Å². The molecule has 1 atom stereocenters. The van der Waals surface area contributed by atoms with Gasteiger partial charge in [-0.3, -0.25) is 0 Å². The minimum absolute atomic E-state index is 0.0458. The summed E-state index contributed by atoms with van der Waals surface area (Å²) in [7, 11) is 0. The van der Waals surface area contributed by atoms with Gasteiger partial charge in [0.25, 0.3) is 0 Å². The minimum atomic E-state index is -0.0464. The summed E-state index contributed by atoms with van der Waals surface area (Å²) in [5.41, 5.74) is 0. The second-order valence-corrected chi connectivity index (χ2v) is 4.16. The van der Waals surface area contributed by atoms with Crippen LogP contribution < -0.4 is 10.6 Å². The van der Waals surface area contributed by atoms with Crippen LogP contribution in [0, 0.1) is 0 Å². The van der Waals surface area contributed by atoms with Crippen molar-refractivity contribution < 1.29 is 9.59 Å². The number of amides is 4. The maximum absolute atomic E-state index is 11.7. The molecule has 0 aromatic carbocycles. The van der Waals surface area contributed by atoms with Crippen LogP contribution in [0.25, 0.3) is 0 Å². The van der Waals surface area contributed by atoms with Crippen molar-refractivity contribution in [3.8, 4) is 0 Å². The Labute approximate surface area is 102 Å². The normalized spacial score (nSPS) is 20.1. The lowest BCUT2D eigenvalue weighted by Gasteiger charge is -2.39. The Kier molecular flexibility index (Phi) is 5.06. The molecule has 0 saturated carbocycles. The molecule has 1 fully saturated rings. The molecule has 0 radical (unpaired) electrons. The van der Waals surface area contributed by atoms with Crippen molar-refractivity contribution in [1.82, 2.24) is 20.4 Å². The molecule has 0 aromatic rings. The van der Waals surface area contributed by atoms with Crippen LogP contribution in [0.1, 0.15) is 20.8 Å². The van der Waals surface area contributed by atoms with Crippen LogP contribution in [0.2, 0.25) is 0 Å². The minimum Gasteiger partial charge on any atom is -0.338 e. The van der Waals surface area contributed by atoms with Gasteiger partial charge in [-0.2, -0.15) is 0 Å². The molecule has 0 aliphatic carbocycles. The summed E-state index contributed by atoms with van der Waals surface area (Å²) in [5, 5.41) is 5.56. The van der Waals surface area contributed by atoms with Gasteiger partial charge in [-0.1, -0.05) is 0 Å². The molecule has 17 heavy (non-hydrogen) atoms. The predicted molar refractivity (Wildman–Crippen MR) is 65.9 cm³/mol. The first-order valence-corrected chi connectivity index (χ1v) is 6.17. The molecule has 0 spiro atoms. The number of hydrogen-bond donors (Lipinski definition) is 2. The Morgan fingerprint density at radius 3 is 2.24 bits per heavy atom. The van der Waals surface area contributed by atoms with Gasteiger partial charge in [-0.05, 0) is 20.8 Å². The SMILES string of the molecule is CCNC(=O)N1CCN(C(=O)NCC)[C@H](C)C1. The number of carbonyl (C=O) groups excluding carboxylic acids is 2. The maximum Gasteiger partial charge on any atom is 0.317 e. The zero-order valence-corrected chi connectivity index (χ0v) is 10.8. The Balaban J connectivity index is 2.49. The van der Waals surface area contributed by atoms with Gasteiger partial charge in [0, 0.05) is 38.8 Å². The molecule has 1 saturated heterocycles. The lowest BCUT2D eigenvalue weighted by atomic mass is 10.2. The Morgan fingerprint density at radius 1 is 1.12 bits per heavy atom. The Hall–Kier alpha value is -1.46. The summed E-state index contributed by atoms with van der Waals surface area (Å²) in [4.78, 5) is 26.9. The van der Waals surface area contributed by atoms with Crippen molar-refractivity contribution in [2.45, 2.75) is 26.8 Å². The molecule has 6 nitrogen and oxygen atoms in total. The lowest BCUT2D eigenvalue weighted by Crippen LogP contribution is -2.59. The predicted octanol–water partition coefficient (Wildman–Crippen LogP) is 0.452. The molecule has 6 heteroatoms. The smallest absolute Gasteiger partial charge is 0.317 e. The average molecular weight is 242 g/mol. The molecule has 0 unspecified atom stereocenters. The summed E-state index contributed by atoms with van der Waals surface area (Å²) in [6.45, 7) is 8.77. The van der Waals surface area contributed by atoms with E-state index < -0.39 is 0 Å². The van der Waals surface area contributed by atoms with Crippen LogP contribution in [0.3, 0.4) is 0 Å². The first-order chi connectivity index (χ1) is 8.10. The van der Waals surface area contributed by atoms with E-state index in [1.165, 1.54) is 0 Å². The number of rotatable bonds is 2. The van der Waals surface area contributed by atoms with E-state index in [-0.39, 0.29) is 18.1 Å². The highest BCUT2D eigenvalue weighted by molar-refractivity contribution is 5.76. The number of piperazine rings is 1. The molecule has 98 valence electrons. The van der Waals surface area contributed by atoms with Crippen molar-refractivity contribution >= 4 is 12.1 Å². The highest BCUT2D eigenvalue weighted by atomic mass is 16.2. The van der Waals surface area contributed by atoms with Crippen LogP contribution in [0.4, 0.5) is 9.59 Å². The first-order valence-electron chi connectivity index (χ1n) is 6.17. The summed E-state index contributed by atoms with van der Waals surface area (Å²) in [6, 6.07) is -0.0386. The van der Waals surface area contributed by atoms with Gasteiger partial charge in [0.05, 0.1) is 0 Å². The van der Waals surface area contributed by atoms with Gasteiger partial charge in [0.15, 0.2) is 0 Å². The quantitative estimate of drug-likeness (QED) is 0.738. The molecule has 0 aromatic heterocycles. The van der Waals surface area contributed by atoms with E-state index in [0.29, 0.717) is 32.7 Å². The standard InChI is InChI=1S/C11H22N4O2/c1-4-12-10(16)14-6-7-15(9(3)8-14)11(17)13-5-2/h9H,4-8H2,1-3H3,(H,12,16)(H,13,17)/t9-/m1/s1. The zero-order chi connectivity index (χ0) is 12.8. The molecular formula is C11H22N4O2. The highest BCUT2D eigenvalue weighted by Gasteiger charge is 2.29. The van der Waals surface area contributed by atoms with Gasteiger partial charge in [0.2, 0.25) is 0 Å². The molecule has 1 aliphatic rings. The van der Waals surface area contributed by atoms with Crippen molar-refractivity contribution in [1.29, 1.82) is 0 Å². The second-order valence-electron chi connectivity index (χ2n) is 4.16. The molecule has 1 rings (SSSR count). The topological polar surface area (TPSA) is 64.7 Å². The van der Waals surface area contributed by atoms with E-state index in [4.69, 9.17) is 0 Å². The van der Waals surface area contributed by atoms with Crippen molar-refractivity contribution in [3.63, 3.8) is 0 Å². The zero-order valence-electron chi connectivity index (χ0n) is 10.8. The monoisotopic (exact) mass is 242 g/mol. The fraction of sp³-hybridized carbons (Fsp3) is 0.818. The molecule has 1 aliphatic heterocycles. The van der Waals surface area contributed by atoms with Crippen LogP contribution in [0.15, 0.2) is 0 Å². The summed E-state index contributed by atoms with van der Waals surface area (Å²) in [6.07, 6.45) is 0. The molecule has 2 N–H and O–H groups in total. The van der Waals surface area contributed by atoms with E-state index in [9.17, 15) is 9.59 Å². The van der Waals surface area contributed by atoms with Gasteiger partial charge < -0.3 is 20.4 Å². The van der Waals surface area contributed by atoms with E-state index in [1.54, 1.807) is 9.80 Å². The molecule has 4 amide bonds. The summed E-state index contributed by atoms with van der Waals surface area (Å²) in [5.74, 6) is 0. The molecular weight excluding hydrogens is 220 g/mol. The van der Waals surface area contributed by atoms with Crippen LogP contribution in [0.5, 0.6) is 0 Å². The summed E-state index contributed by atoms with van der Waals surface area (Å²) < 4.78 is 0. The number of hydrogen-bond acceptors (Lipinski definition) is 2. The number of nitrogens with zero attached hydrogens (tertiary/aromatic N) is 2. The van der Waals surface area contributed by atoms with Gasteiger partial charge in [0.1, 0.15) is 0 Å². The fourth-order valence-electron chi connectivity index (χ4n) is 1.96.